The van der Waals surface area contributed by atoms with Gasteiger partial charge < -0.3 is 5.11 Å². The molecule has 0 aliphatic carbocycles. The Bertz CT molecular complexity index is 839. The molecule has 6 nitrogen and oxygen atoms in total. The predicted molar refractivity (Wildman–Crippen MR) is 74.8 cm³/mol. The van der Waals surface area contributed by atoms with Gasteiger partial charge in [-0.25, -0.2) is 17.5 Å². The lowest BCUT2D eigenvalue weighted by molar-refractivity contribution is 0.0695. The van der Waals surface area contributed by atoms with Crippen molar-refractivity contribution in [3.63, 3.8) is 0 Å². The summed E-state index contributed by atoms with van der Waals surface area (Å²) in [4.78, 5) is 22.9. The van der Waals surface area contributed by atoms with Crippen molar-refractivity contribution in [1.29, 1.82) is 0 Å². The fraction of sp³-hybridized carbons (Fsp3) is 0.0769. The summed E-state index contributed by atoms with van der Waals surface area (Å²) in [6.07, 6.45) is 0. The third-order valence-electron chi connectivity index (χ3n) is 3.16. The molecule has 0 bridgehead atoms. The second-order valence-electron chi connectivity index (χ2n) is 4.46. The molecule has 21 heavy (non-hydrogen) atoms. The topological polar surface area (TPSA) is 91.8 Å². The van der Waals surface area contributed by atoms with E-state index in [0.29, 0.717) is 5.56 Å². The Kier molecular flexibility index (Phi) is 3.07. The lowest BCUT2D eigenvalue weighted by Crippen LogP contribution is -2.29. The van der Waals surface area contributed by atoms with Gasteiger partial charge in [0.2, 0.25) is 0 Å². The molecule has 0 saturated heterocycles. The fourth-order valence-corrected chi connectivity index (χ4v) is 4.36. The van der Waals surface area contributed by atoms with Gasteiger partial charge in [-0.2, -0.15) is 11.3 Å². The first-order chi connectivity index (χ1) is 9.91. The van der Waals surface area contributed by atoms with Crippen LogP contribution in [-0.4, -0.2) is 29.7 Å². The van der Waals surface area contributed by atoms with Crippen LogP contribution >= 0.6 is 11.3 Å². The first kappa shape index (κ1) is 13.8. The number of rotatable bonds is 3. The summed E-state index contributed by atoms with van der Waals surface area (Å²) in [5.74, 6) is -1.87. The molecule has 1 aromatic carbocycles. The standard InChI is InChI=1S/C13H9NO5S2/c15-12-10-2-1-9(13(16)17)5-11(10)21(18,19)14(12)6-8-3-4-20-7-8/h1-5,7H,6H2,(H,16,17). The summed E-state index contributed by atoms with van der Waals surface area (Å²) >= 11 is 1.40. The van der Waals surface area contributed by atoms with Crippen molar-refractivity contribution in [3.05, 3.63) is 51.7 Å². The Morgan fingerprint density at radius 3 is 2.67 bits per heavy atom. The number of hydrogen-bond donors (Lipinski definition) is 1. The van der Waals surface area contributed by atoms with E-state index in [0.717, 1.165) is 10.4 Å². The highest BCUT2D eigenvalue weighted by molar-refractivity contribution is 7.90. The van der Waals surface area contributed by atoms with Gasteiger partial charge in [-0.1, -0.05) is 0 Å². The number of carbonyl (C=O) groups excluding carboxylic acids is 1. The van der Waals surface area contributed by atoms with Crippen LogP contribution in [0.2, 0.25) is 0 Å². The average Bonchev–Trinajstić information content (AvgIpc) is 3.01. The molecule has 1 aromatic heterocycles. The van der Waals surface area contributed by atoms with Gasteiger partial charge in [-0.15, -0.1) is 0 Å². The van der Waals surface area contributed by atoms with E-state index in [9.17, 15) is 18.0 Å². The number of nitrogens with zero attached hydrogens (tertiary/aromatic N) is 1. The zero-order valence-electron chi connectivity index (χ0n) is 10.5. The minimum absolute atomic E-state index is 0.00947. The Balaban J connectivity index is 2.08. The Hall–Kier alpha value is -2.19. The second kappa shape index (κ2) is 4.68. The van der Waals surface area contributed by atoms with Crippen LogP contribution in [0.25, 0.3) is 0 Å². The number of hydrogen-bond acceptors (Lipinski definition) is 5. The Morgan fingerprint density at radius 2 is 2.05 bits per heavy atom. The number of benzene rings is 1. The quantitative estimate of drug-likeness (QED) is 0.930. The van der Waals surface area contributed by atoms with Crippen molar-refractivity contribution in [2.75, 3.05) is 0 Å². The van der Waals surface area contributed by atoms with Gasteiger partial charge in [-0.3, -0.25) is 4.79 Å². The first-order valence-corrected chi connectivity index (χ1v) is 8.25. The highest BCUT2D eigenvalue weighted by Gasteiger charge is 2.41. The van der Waals surface area contributed by atoms with Gasteiger partial charge in [-0.05, 0) is 40.6 Å². The summed E-state index contributed by atoms with van der Waals surface area (Å²) in [7, 11) is -4.00. The summed E-state index contributed by atoms with van der Waals surface area (Å²) < 4.78 is 25.6. The molecule has 1 aliphatic rings. The third kappa shape index (κ3) is 2.12. The van der Waals surface area contributed by atoms with Gasteiger partial charge in [0, 0.05) is 0 Å². The number of carboxylic acids is 1. The van der Waals surface area contributed by atoms with Gasteiger partial charge in [0.25, 0.3) is 15.9 Å². The van der Waals surface area contributed by atoms with E-state index >= 15 is 0 Å². The molecule has 3 rings (SSSR count). The van der Waals surface area contributed by atoms with E-state index < -0.39 is 21.9 Å². The van der Waals surface area contributed by atoms with Crippen molar-refractivity contribution in [2.24, 2.45) is 0 Å². The van der Waals surface area contributed by atoms with E-state index in [1.54, 1.807) is 16.8 Å². The largest absolute Gasteiger partial charge is 0.478 e. The number of thiophene rings is 1. The predicted octanol–water partition coefficient (Wildman–Crippen LogP) is 1.79. The maximum Gasteiger partial charge on any atom is 0.335 e. The number of carbonyl (C=O) groups is 2. The molecule has 2 aromatic rings. The zero-order valence-corrected chi connectivity index (χ0v) is 12.1. The van der Waals surface area contributed by atoms with Crippen LogP contribution in [0.4, 0.5) is 0 Å². The zero-order chi connectivity index (χ0) is 15.2. The van der Waals surface area contributed by atoms with Crippen molar-refractivity contribution in [2.45, 2.75) is 11.4 Å². The maximum atomic E-state index is 12.4. The molecule has 1 amide bonds. The lowest BCUT2D eigenvalue weighted by atomic mass is 10.1. The van der Waals surface area contributed by atoms with Crippen LogP contribution in [0.3, 0.4) is 0 Å². The SMILES string of the molecule is O=C(O)c1ccc2c(c1)S(=O)(=O)N(Cc1ccsc1)C2=O. The molecule has 108 valence electrons. The second-order valence-corrected chi connectivity index (χ2v) is 7.08. The van der Waals surface area contributed by atoms with Crippen LogP contribution in [0.1, 0.15) is 26.3 Å². The molecule has 2 heterocycles. The Morgan fingerprint density at radius 1 is 1.29 bits per heavy atom. The normalized spacial score (nSPS) is 16.0. The minimum Gasteiger partial charge on any atom is -0.478 e. The molecular weight excluding hydrogens is 314 g/mol. The number of fused-ring (bicyclic) bond motifs is 1. The van der Waals surface area contributed by atoms with Gasteiger partial charge in [0.15, 0.2) is 0 Å². The van der Waals surface area contributed by atoms with E-state index in [2.05, 4.69) is 0 Å². The van der Waals surface area contributed by atoms with E-state index in [1.165, 1.54) is 23.5 Å². The van der Waals surface area contributed by atoms with Crippen molar-refractivity contribution >= 4 is 33.2 Å². The van der Waals surface area contributed by atoms with E-state index in [-0.39, 0.29) is 22.6 Å². The van der Waals surface area contributed by atoms with Crippen molar-refractivity contribution in [3.8, 4) is 0 Å². The van der Waals surface area contributed by atoms with Crippen molar-refractivity contribution in [1.82, 2.24) is 4.31 Å². The fourth-order valence-electron chi connectivity index (χ4n) is 2.11. The molecular formula is C13H9NO5S2. The van der Waals surface area contributed by atoms with Crippen LogP contribution in [0.15, 0.2) is 39.9 Å². The van der Waals surface area contributed by atoms with Crippen molar-refractivity contribution < 1.29 is 23.1 Å². The summed E-state index contributed by atoms with van der Waals surface area (Å²) in [6, 6.07) is 5.23. The average molecular weight is 323 g/mol. The molecule has 1 N–H and O–H groups in total. The van der Waals surface area contributed by atoms with Gasteiger partial charge in [0.05, 0.1) is 17.7 Å². The number of sulfonamides is 1. The number of amides is 1. The molecule has 0 fully saturated rings. The first-order valence-electron chi connectivity index (χ1n) is 5.87. The maximum absolute atomic E-state index is 12.4. The van der Waals surface area contributed by atoms with Crippen LogP contribution in [0.5, 0.6) is 0 Å². The molecule has 0 spiro atoms. The molecule has 1 aliphatic heterocycles. The number of aromatic carboxylic acids is 1. The molecule has 8 heteroatoms. The van der Waals surface area contributed by atoms with E-state index in [4.69, 9.17) is 5.11 Å². The summed E-state index contributed by atoms with van der Waals surface area (Å²) in [6.45, 7) is -0.0538. The summed E-state index contributed by atoms with van der Waals surface area (Å²) in [5.41, 5.74) is 0.556. The highest BCUT2D eigenvalue weighted by Crippen LogP contribution is 2.32. The van der Waals surface area contributed by atoms with Crippen LogP contribution < -0.4 is 0 Å². The van der Waals surface area contributed by atoms with Crippen LogP contribution in [0, 0.1) is 0 Å². The van der Waals surface area contributed by atoms with Crippen LogP contribution in [-0.2, 0) is 16.6 Å². The molecule has 0 saturated carbocycles. The monoisotopic (exact) mass is 323 g/mol. The lowest BCUT2D eigenvalue weighted by Gasteiger charge is -2.13. The van der Waals surface area contributed by atoms with E-state index in [1.807, 2.05) is 0 Å². The third-order valence-corrected chi connectivity index (χ3v) is 5.66. The molecule has 0 unspecified atom stereocenters. The van der Waals surface area contributed by atoms with Gasteiger partial charge in [0.1, 0.15) is 4.90 Å². The molecule has 0 radical (unpaired) electrons. The minimum atomic E-state index is -4.00. The molecule has 0 atom stereocenters. The number of carboxylic acid groups (broad SMARTS) is 1. The Labute approximate surface area is 124 Å². The smallest absolute Gasteiger partial charge is 0.335 e. The van der Waals surface area contributed by atoms with Gasteiger partial charge >= 0.3 is 5.97 Å². The summed E-state index contributed by atoms with van der Waals surface area (Å²) in [5, 5.41) is 12.5. The highest BCUT2D eigenvalue weighted by atomic mass is 32.2.